The maximum atomic E-state index is 6.09. The second kappa shape index (κ2) is 13.5. The number of hydrogen-bond donors (Lipinski definition) is 0. The van der Waals surface area contributed by atoms with Crippen LogP contribution in [0.5, 0.6) is 5.75 Å². The Morgan fingerprint density at radius 2 is 1.28 bits per heavy atom. The first-order valence-corrected chi connectivity index (χ1v) is 14.7. The molecule has 1 aromatic carbocycles. The smallest absolute Gasteiger partial charge is 0.486 e. The quantitative estimate of drug-likeness (QED) is 0.173. The third-order valence-corrected chi connectivity index (χ3v) is 8.34. The van der Waals surface area contributed by atoms with Crippen molar-refractivity contribution in [2.24, 2.45) is 0 Å². The van der Waals surface area contributed by atoms with Crippen LogP contribution in [0.25, 0.3) is 6.08 Å². The Labute approximate surface area is 244 Å². The molecule has 39 heavy (non-hydrogen) atoms. The number of ether oxygens (including phenoxy) is 2. The number of rotatable bonds is 13. The molecule has 3 rings (SSSR count). The van der Waals surface area contributed by atoms with E-state index in [1.54, 1.807) is 0 Å². The highest BCUT2D eigenvalue weighted by atomic mass is 79.9. The molecule has 2 aliphatic rings. The molecule has 0 aromatic heterocycles. The number of allylic oxidation sites excluding steroid dienone is 1. The number of hydrogen-bond acceptors (Lipinski definition) is 6. The summed E-state index contributed by atoms with van der Waals surface area (Å²) >= 11 is 3.56. The van der Waals surface area contributed by atoms with E-state index in [1.807, 2.05) is 70.0 Å². The summed E-state index contributed by atoms with van der Waals surface area (Å²) in [5.74, 6) is 4.79. The van der Waals surface area contributed by atoms with Crippen LogP contribution in [0.2, 0.25) is 0 Å². The van der Waals surface area contributed by atoms with Gasteiger partial charge in [0.15, 0.2) is 0 Å². The number of benzene rings is 1. The molecule has 2 aliphatic heterocycles. The van der Waals surface area contributed by atoms with E-state index >= 15 is 0 Å². The summed E-state index contributed by atoms with van der Waals surface area (Å²) in [7, 11) is -0.625. The van der Waals surface area contributed by atoms with E-state index in [0.29, 0.717) is 19.8 Å². The van der Waals surface area contributed by atoms with Crippen LogP contribution in [0.15, 0.2) is 52.9 Å². The van der Waals surface area contributed by atoms with Gasteiger partial charge in [-0.2, -0.15) is 0 Å². The second-order valence-corrected chi connectivity index (χ2v) is 13.0. The van der Waals surface area contributed by atoms with Gasteiger partial charge in [0.25, 0.3) is 0 Å². The average molecular weight is 603 g/mol. The van der Waals surface area contributed by atoms with Crippen molar-refractivity contribution in [1.82, 2.24) is 0 Å². The molecule has 0 unspecified atom stereocenters. The molecule has 0 atom stereocenters. The van der Waals surface area contributed by atoms with Crippen LogP contribution in [0.1, 0.15) is 80.2 Å². The zero-order valence-corrected chi connectivity index (χ0v) is 26.5. The first kappa shape index (κ1) is 32.2. The molecule has 1 aromatic rings. The summed E-state index contributed by atoms with van der Waals surface area (Å²) in [5, 5.41) is 0. The SMILES string of the molecule is CC1(C)OB(/C=C/CCCCOc2ccc(Br)cc2/C=C/COC/C=C/B2OC(C)(C)C(C)(C)O2)OC1(C)C. The van der Waals surface area contributed by atoms with Gasteiger partial charge in [-0.15, -0.1) is 0 Å². The molecular weight excluding hydrogens is 558 g/mol. The van der Waals surface area contributed by atoms with Crippen LogP contribution in [-0.4, -0.2) is 56.5 Å². The molecule has 2 saturated heterocycles. The molecule has 0 saturated carbocycles. The summed E-state index contributed by atoms with van der Waals surface area (Å²) in [6.45, 7) is 18.1. The van der Waals surface area contributed by atoms with Crippen LogP contribution in [0.4, 0.5) is 0 Å². The Kier molecular flexibility index (Phi) is 11.2. The molecule has 0 bridgehead atoms. The van der Waals surface area contributed by atoms with Gasteiger partial charge in [0.05, 0.1) is 42.2 Å². The Morgan fingerprint density at radius 3 is 1.87 bits per heavy atom. The van der Waals surface area contributed by atoms with Crippen LogP contribution < -0.4 is 4.74 Å². The van der Waals surface area contributed by atoms with E-state index in [-0.39, 0.29) is 36.6 Å². The van der Waals surface area contributed by atoms with Gasteiger partial charge in [0.1, 0.15) is 5.75 Å². The van der Waals surface area contributed by atoms with E-state index < -0.39 is 0 Å². The highest BCUT2D eigenvalue weighted by molar-refractivity contribution is 9.10. The van der Waals surface area contributed by atoms with Gasteiger partial charge in [-0.25, -0.2) is 0 Å². The molecule has 2 fully saturated rings. The van der Waals surface area contributed by atoms with Crippen LogP contribution in [0, 0.1) is 0 Å². The zero-order valence-electron chi connectivity index (χ0n) is 24.9. The second-order valence-electron chi connectivity index (χ2n) is 12.1. The van der Waals surface area contributed by atoms with Crippen LogP contribution in [-0.2, 0) is 23.4 Å². The minimum absolute atomic E-state index is 0.279. The fourth-order valence-corrected chi connectivity index (χ4v) is 4.39. The van der Waals surface area contributed by atoms with E-state index in [1.165, 1.54) is 0 Å². The van der Waals surface area contributed by atoms with E-state index in [9.17, 15) is 0 Å². The molecule has 0 amide bonds. The molecule has 2 heterocycles. The van der Waals surface area contributed by atoms with Crippen molar-refractivity contribution < 1.29 is 28.1 Å². The number of halogens is 1. The van der Waals surface area contributed by atoms with Crippen molar-refractivity contribution in [1.29, 1.82) is 0 Å². The van der Waals surface area contributed by atoms with Gasteiger partial charge in [0.2, 0.25) is 0 Å². The van der Waals surface area contributed by atoms with Crippen molar-refractivity contribution >= 4 is 36.2 Å². The lowest BCUT2D eigenvalue weighted by molar-refractivity contribution is 0.00578. The van der Waals surface area contributed by atoms with Gasteiger partial charge in [-0.05, 0) is 92.9 Å². The molecule has 6 nitrogen and oxygen atoms in total. The normalized spacial score (nSPS) is 21.7. The Bertz CT molecular complexity index is 1000. The third kappa shape index (κ3) is 9.07. The topological polar surface area (TPSA) is 55.4 Å². The molecule has 0 radical (unpaired) electrons. The van der Waals surface area contributed by atoms with Crippen LogP contribution in [0.3, 0.4) is 0 Å². The van der Waals surface area contributed by atoms with Gasteiger partial charge in [0, 0.05) is 10.0 Å². The lowest BCUT2D eigenvalue weighted by Gasteiger charge is -2.32. The standard InChI is InChI=1S/C30H45B2BrO6/c1-27(2)28(3,4)37-31(36-27)18-11-9-10-12-22-35-26-17-16-25(33)23-24(26)15-13-20-34-21-14-19-32-38-29(5,6)30(7,8)39-32/h11,13-19,23H,9-10,12,20-22H2,1-8H3/b15-13+,18-11+,19-14+. The molecular formula is C30H45B2BrO6. The van der Waals surface area contributed by atoms with Crippen molar-refractivity contribution in [3.8, 4) is 5.75 Å². The van der Waals surface area contributed by atoms with Gasteiger partial charge >= 0.3 is 14.2 Å². The summed E-state index contributed by atoms with van der Waals surface area (Å²) in [4.78, 5) is 0. The van der Waals surface area contributed by atoms with E-state index in [0.717, 1.165) is 35.0 Å². The van der Waals surface area contributed by atoms with Crippen molar-refractivity contribution in [3.05, 3.63) is 58.4 Å². The lowest BCUT2D eigenvalue weighted by Crippen LogP contribution is -2.41. The largest absolute Gasteiger partial charge is 0.493 e. The summed E-state index contributed by atoms with van der Waals surface area (Å²) in [6, 6.07) is 6.05. The van der Waals surface area contributed by atoms with Crippen molar-refractivity contribution in [3.63, 3.8) is 0 Å². The summed E-state index contributed by atoms with van der Waals surface area (Å²) in [6.07, 6.45) is 11.1. The Hall–Kier alpha value is -1.35. The van der Waals surface area contributed by atoms with Crippen molar-refractivity contribution in [2.75, 3.05) is 19.8 Å². The van der Waals surface area contributed by atoms with Crippen molar-refractivity contribution in [2.45, 2.75) is 97.1 Å². The molecule has 0 N–H and O–H groups in total. The maximum absolute atomic E-state index is 6.09. The van der Waals surface area contributed by atoms with E-state index in [2.05, 4.69) is 55.8 Å². The fraction of sp³-hybridized carbons (Fsp3) is 0.600. The highest BCUT2D eigenvalue weighted by Gasteiger charge is 2.50. The van der Waals surface area contributed by atoms with Gasteiger partial charge in [-0.3, -0.25) is 0 Å². The first-order chi connectivity index (χ1) is 18.2. The van der Waals surface area contributed by atoms with Gasteiger partial charge in [-0.1, -0.05) is 52.2 Å². The molecule has 214 valence electrons. The summed E-state index contributed by atoms with van der Waals surface area (Å²) < 4.78 is 36.7. The third-order valence-electron chi connectivity index (χ3n) is 7.85. The summed E-state index contributed by atoms with van der Waals surface area (Å²) in [5.41, 5.74) is -0.249. The molecule has 0 aliphatic carbocycles. The van der Waals surface area contributed by atoms with Crippen LogP contribution >= 0.6 is 15.9 Å². The van der Waals surface area contributed by atoms with Gasteiger partial charge < -0.3 is 28.1 Å². The van der Waals surface area contributed by atoms with E-state index in [4.69, 9.17) is 28.1 Å². The Morgan fingerprint density at radius 1 is 0.744 bits per heavy atom. The Balaban J connectivity index is 1.34. The highest BCUT2D eigenvalue weighted by Crippen LogP contribution is 2.37. The minimum atomic E-state index is -0.346. The molecule has 0 spiro atoms. The predicted molar refractivity (Wildman–Crippen MR) is 164 cm³/mol. The predicted octanol–water partition coefficient (Wildman–Crippen LogP) is 7.40. The maximum Gasteiger partial charge on any atom is 0.486 e. The lowest BCUT2D eigenvalue weighted by atomic mass is 9.89. The zero-order chi connectivity index (χ0) is 28.7. The monoisotopic (exact) mass is 602 g/mol. The molecule has 9 heteroatoms. The average Bonchev–Trinajstić information content (AvgIpc) is 3.17. The number of unbranched alkanes of at least 4 members (excludes halogenated alkanes) is 2. The first-order valence-electron chi connectivity index (χ1n) is 13.9. The fourth-order valence-electron chi connectivity index (χ4n) is 4.02. The minimum Gasteiger partial charge on any atom is -0.493 e.